The molecule has 19 heavy (non-hydrogen) atoms. The molecule has 0 saturated heterocycles. The van der Waals surface area contributed by atoms with E-state index in [9.17, 15) is 4.79 Å². The number of hydrogen-bond acceptors (Lipinski definition) is 5. The molecule has 0 aliphatic heterocycles. The fourth-order valence-corrected chi connectivity index (χ4v) is 2.79. The summed E-state index contributed by atoms with van der Waals surface area (Å²) in [5.74, 6) is 0.782. The summed E-state index contributed by atoms with van der Waals surface area (Å²) < 4.78 is 9.92. The molecule has 6 heteroatoms. The Balaban J connectivity index is 2.24. The van der Waals surface area contributed by atoms with Crippen molar-refractivity contribution in [1.29, 1.82) is 0 Å². The molecule has 100 valence electrons. The average molecular weight is 341 g/mol. The first-order valence-corrected chi connectivity index (χ1v) is 7.39. The average Bonchev–Trinajstić information content (AvgIpc) is 2.89. The minimum atomic E-state index is 0.0424. The van der Waals surface area contributed by atoms with Crippen LogP contribution in [0.25, 0.3) is 0 Å². The molecule has 1 heterocycles. The maximum atomic E-state index is 12.3. The molecule has 0 fully saturated rings. The van der Waals surface area contributed by atoms with Crippen molar-refractivity contribution in [2.75, 3.05) is 7.11 Å². The molecule has 0 radical (unpaired) electrons. The van der Waals surface area contributed by atoms with Crippen LogP contribution >= 0.6 is 27.5 Å². The molecule has 0 aliphatic carbocycles. The van der Waals surface area contributed by atoms with E-state index in [2.05, 4.69) is 25.5 Å². The van der Waals surface area contributed by atoms with Crippen molar-refractivity contribution < 1.29 is 9.53 Å². The van der Waals surface area contributed by atoms with Crippen LogP contribution in [0, 0.1) is 0 Å². The number of ketones is 1. The molecule has 0 unspecified atom stereocenters. The zero-order valence-corrected chi connectivity index (χ0v) is 13.0. The molecule has 4 nitrogen and oxygen atoms in total. The van der Waals surface area contributed by atoms with Crippen LogP contribution in [0.3, 0.4) is 0 Å². The number of ether oxygens (including phenoxy) is 1. The predicted octanol–water partition coefficient (Wildman–Crippen LogP) is 3.30. The summed E-state index contributed by atoms with van der Waals surface area (Å²) in [4.78, 5) is 12.9. The first kappa shape index (κ1) is 14.1. The van der Waals surface area contributed by atoms with Gasteiger partial charge in [-0.1, -0.05) is 27.3 Å². The highest BCUT2D eigenvalue weighted by Gasteiger charge is 2.16. The summed E-state index contributed by atoms with van der Waals surface area (Å²) in [6, 6.07) is 5.60. The quantitative estimate of drug-likeness (QED) is 0.783. The second kappa shape index (κ2) is 6.25. The lowest BCUT2D eigenvalue weighted by atomic mass is 10.1. The van der Waals surface area contributed by atoms with Gasteiger partial charge in [-0.15, -0.1) is 5.10 Å². The molecule has 0 spiro atoms. The fourth-order valence-electron chi connectivity index (χ4n) is 1.72. The number of hydrogen-bond donors (Lipinski definition) is 0. The molecule has 0 aliphatic rings. The lowest BCUT2D eigenvalue weighted by Crippen LogP contribution is -2.05. The third-order valence-corrected chi connectivity index (χ3v) is 4.33. The van der Waals surface area contributed by atoms with Gasteiger partial charge in [0.2, 0.25) is 0 Å². The van der Waals surface area contributed by atoms with Gasteiger partial charge >= 0.3 is 0 Å². The Bertz CT molecular complexity index is 598. The van der Waals surface area contributed by atoms with E-state index in [1.165, 1.54) is 0 Å². The second-order valence-electron chi connectivity index (χ2n) is 3.96. The number of rotatable bonds is 5. The Morgan fingerprint density at radius 3 is 2.95 bits per heavy atom. The topological polar surface area (TPSA) is 52.1 Å². The molecule has 2 rings (SSSR count). The third-order valence-electron chi connectivity index (χ3n) is 2.75. The zero-order chi connectivity index (χ0) is 13.8. The Morgan fingerprint density at radius 2 is 2.26 bits per heavy atom. The van der Waals surface area contributed by atoms with Gasteiger partial charge in [0, 0.05) is 10.9 Å². The number of halogens is 1. The van der Waals surface area contributed by atoms with Crippen molar-refractivity contribution in [3.63, 3.8) is 0 Å². The van der Waals surface area contributed by atoms with Gasteiger partial charge < -0.3 is 4.74 Å². The maximum Gasteiger partial charge on any atom is 0.180 e. The summed E-state index contributed by atoms with van der Waals surface area (Å²) in [6.07, 6.45) is 1.03. The smallest absolute Gasteiger partial charge is 0.180 e. The van der Waals surface area contributed by atoms with Crippen molar-refractivity contribution in [2.45, 2.75) is 19.8 Å². The zero-order valence-electron chi connectivity index (χ0n) is 10.6. The normalized spacial score (nSPS) is 10.5. The number of carbonyl (C=O) groups is 1. The minimum Gasteiger partial charge on any atom is -0.497 e. The van der Waals surface area contributed by atoms with Crippen molar-refractivity contribution in [3.8, 4) is 5.75 Å². The van der Waals surface area contributed by atoms with Crippen molar-refractivity contribution in [3.05, 3.63) is 38.8 Å². The summed E-state index contributed by atoms with van der Waals surface area (Å²) >= 11 is 4.61. The molecular weight excluding hydrogens is 328 g/mol. The van der Waals surface area contributed by atoms with Gasteiger partial charge in [0.25, 0.3) is 0 Å². The summed E-state index contributed by atoms with van der Waals surface area (Å²) in [7, 11) is 1.61. The van der Waals surface area contributed by atoms with E-state index < -0.39 is 0 Å². The first-order valence-electron chi connectivity index (χ1n) is 5.82. The van der Waals surface area contributed by atoms with E-state index >= 15 is 0 Å². The SMILES string of the molecule is CCc1nnsc1C(=O)Cc1cc(OC)ccc1Br. The molecular formula is C13H13BrN2O2S. The number of nitrogens with zero attached hydrogens (tertiary/aromatic N) is 2. The molecule has 1 aromatic heterocycles. The highest BCUT2D eigenvalue weighted by Crippen LogP contribution is 2.25. The van der Waals surface area contributed by atoms with Gasteiger partial charge in [-0.3, -0.25) is 4.79 Å². The molecule has 0 amide bonds. The number of methoxy groups -OCH3 is 1. The molecule has 0 atom stereocenters. The Morgan fingerprint density at radius 1 is 1.47 bits per heavy atom. The van der Waals surface area contributed by atoms with Crippen LogP contribution < -0.4 is 4.74 Å². The van der Waals surface area contributed by atoms with Crippen molar-refractivity contribution in [1.82, 2.24) is 9.59 Å². The summed E-state index contributed by atoms with van der Waals surface area (Å²) in [6.45, 7) is 1.97. The number of Topliss-reactive ketones (excluding diaryl/α,β-unsaturated/α-hetero) is 1. The summed E-state index contributed by atoms with van der Waals surface area (Å²) in [5.41, 5.74) is 1.67. The van der Waals surface area contributed by atoms with Crippen LogP contribution in [0.15, 0.2) is 22.7 Å². The minimum absolute atomic E-state index is 0.0424. The van der Waals surface area contributed by atoms with E-state index in [0.29, 0.717) is 11.3 Å². The van der Waals surface area contributed by atoms with Crippen LogP contribution in [0.1, 0.15) is 27.9 Å². The molecule has 0 saturated carbocycles. The van der Waals surface area contributed by atoms with Crippen LogP contribution in [0.2, 0.25) is 0 Å². The van der Waals surface area contributed by atoms with Gasteiger partial charge in [-0.25, -0.2) is 0 Å². The van der Waals surface area contributed by atoms with E-state index in [-0.39, 0.29) is 5.78 Å². The predicted molar refractivity (Wildman–Crippen MR) is 78.0 cm³/mol. The Labute approximate surface area is 124 Å². The molecule has 1 aromatic carbocycles. The highest BCUT2D eigenvalue weighted by molar-refractivity contribution is 9.10. The van der Waals surface area contributed by atoms with E-state index in [1.54, 1.807) is 7.11 Å². The number of carbonyl (C=O) groups excluding carboxylic acids is 1. The Kier molecular flexibility index (Phi) is 4.66. The van der Waals surface area contributed by atoms with Crippen molar-refractivity contribution in [2.24, 2.45) is 0 Å². The van der Waals surface area contributed by atoms with Gasteiger partial charge in [-0.2, -0.15) is 0 Å². The first-order chi connectivity index (χ1) is 9.15. The van der Waals surface area contributed by atoms with Crippen LogP contribution in [0.5, 0.6) is 5.75 Å². The van der Waals surface area contributed by atoms with Crippen LogP contribution in [0.4, 0.5) is 0 Å². The molecule has 0 bridgehead atoms. The van der Waals surface area contributed by atoms with E-state index in [0.717, 1.165) is 39.4 Å². The van der Waals surface area contributed by atoms with Gasteiger partial charge in [0.05, 0.1) is 12.8 Å². The maximum absolute atomic E-state index is 12.3. The lowest BCUT2D eigenvalue weighted by molar-refractivity contribution is 0.0995. The Hall–Kier alpha value is -1.27. The van der Waals surface area contributed by atoms with Gasteiger partial charge in [-0.05, 0) is 41.7 Å². The van der Waals surface area contributed by atoms with Crippen molar-refractivity contribution >= 4 is 33.2 Å². The highest BCUT2D eigenvalue weighted by atomic mass is 79.9. The summed E-state index contributed by atoms with van der Waals surface area (Å²) in [5, 5.41) is 3.96. The standard InChI is InChI=1S/C13H13BrN2O2S/c1-3-11-13(19-16-15-11)12(17)7-8-6-9(18-2)4-5-10(8)14/h4-6H,3,7H2,1-2H3. The number of benzene rings is 1. The van der Waals surface area contributed by atoms with Crippen LogP contribution in [-0.4, -0.2) is 22.5 Å². The monoisotopic (exact) mass is 340 g/mol. The van der Waals surface area contributed by atoms with E-state index in [4.69, 9.17) is 4.74 Å². The van der Waals surface area contributed by atoms with Gasteiger partial charge in [0.1, 0.15) is 10.6 Å². The molecule has 0 N–H and O–H groups in total. The largest absolute Gasteiger partial charge is 0.497 e. The van der Waals surface area contributed by atoms with Gasteiger partial charge in [0.15, 0.2) is 5.78 Å². The van der Waals surface area contributed by atoms with Crippen LogP contribution in [-0.2, 0) is 12.8 Å². The number of aromatic nitrogens is 2. The fraction of sp³-hybridized carbons (Fsp3) is 0.308. The molecule has 2 aromatic rings. The second-order valence-corrected chi connectivity index (χ2v) is 5.57. The van der Waals surface area contributed by atoms with E-state index in [1.807, 2.05) is 25.1 Å². The third kappa shape index (κ3) is 3.19. The number of aryl methyl sites for hydroxylation is 1. The lowest BCUT2D eigenvalue weighted by Gasteiger charge is -2.06.